The molecule has 4 aromatic carbocycles. The fourth-order valence-corrected chi connectivity index (χ4v) is 4.40. The van der Waals surface area contributed by atoms with Crippen molar-refractivity contribution in [2.45, 2.75) is 24.0 Å². The summed E-state index contributed by atoms with van der Waals surface area (Å²) in [6, 6.07) is 34.8. The van der Waals surface area contributed by atoms with Crippen LogP contribution in [0.3, 0.4) is 0 Å². The van der Waals surface area contributed by atoms with Crippen LogP contribution in [-0.2, 0) is 0 Å². The molecule has 0 amide bonds. The van der Waals surface area contributed by atoms with Crippen LogP contribution < -0.4 is 9.47 Å². The van der Waals surface area contributed by atoms with Crippen LogP contribution in [0.2, 0.25) is 0 Å². The molecule has 0 aliphatic rings. The van der Waals surface area contributed by atoms with Crippen LogP contribution in [0.25, 0.3) is 0 Å². The third-order valence-electron chi connectivity index (χ3n) is 6.49. The number of aliphatic hydroxyl groups is 2. The number of rotatable bonds is 10. The molecule has 0 aliphatic carbocycles. The van der Waals surface area contributed by atoms with Crippen molar-refractivity contribution in [3.05, 3.63) is 144 Å². The van der Waals surface area contributed by atoms with Crippen molar-refractivity contribution in [3.8, 4) is 11.5 Å². The van der Waals surface area contributed by atoms with Crippen molar-refractivity contribution in [2.24, 2.45) is 0 Å². The van der Waals surface area contributed by atoms with Gasteiger partial charge in [0, 0.05) is 11.8 Å². The molecule has 4 aromatic rings. The summed E-state index contributed by atoms with van der Waals surface area (Å²) in [5.74, 6) is 0.858. The van der Waals surface area contributed by atoms with Crippen molar-refractivity contribution < 1.29 is 19.7 Å². The minimum atomic E-state index is -0.774. The lowest BCUT2D eigenvalue weighted by atomic mass is 9.84. The standard InChI is InChI=1S/C32H32O4/c1-35-27-17-13-25(14-18-27)31(33)29(23-9-5-3-6-10-23)21-22-30(24-11-7-4-8-12-24)32(34)26-15-19-28(36-2)20-16-26/h3-22,29-34H,1-2H3/b22-21-/t29-,30+,31-,32+. The minimum absolute atomic E-state index is 0.311. The summed E-state index contributed by atoms with van der Waals surface area (Å²) < 4.78 is 10.5. The third kappa shape index (κ3) is 6.03. The van der Waals surface area contributed by atoms with Gasteiger partial charge in [0.1, 0.15) is 11.5 Å². The van der Waals surface area contributed by atoms with Crippen molar-refractivity contribution in [1.82, 2.24) is 0 Å². The van der Waals surface area contributed by atoms with E-state index in [1.54, 1.807) is 14.2 Å². The molecular weight excluding hydrogens is 448 g/mol. The molecule has 36 heavy (non-hydrogen) atoms. The van der Waals surface area contributed by atoms with Gasteiger partial charge in [-0.3, -0.25) is 0 Å². The van der Waals surface area contributed by atoms with Crippen molar-refractivity contribution in [2.75, 3.05) is 14.2 Å². The zero-order valence-electron chi connectivity index (χ0n) is 20.6. The molecule has 0 saturated heterocycles. The second-order valence-corrected chi connectivity index (χ2v) is 8.69. The number of benzene rings is 4. The number of aliphatic hydroxyl groups excluding tert-OH is 2. The maximum absolute atomic E-state index is 11.4. The van der Waals surface area contributed by atoms with E-state index < -0.39 is 12.2 Å². The van der Waals surface area contributed by atoms with Crippen molar-refractivity contribution in [1.29, 1.82) is 0 Å². The summed E-state index contributed by atoms with van der Waals surface area (Å²) in [5, 5.41) is 22.9. The fraction of sp³-hybridized carbons (Fsp3) is 0.188. The van der Waals surface area contributed by atoms with E-state index in [4.69, 9.17) is 9.47 Å². The maximum atomic E-state index is 11.4. The monoisotopic (exact) mass is 480 g/mol. The van der Waals surface area contributed by atoms with E-state index in [0.717, 1.165) is 33.8 Å². The molecule has 0 saturated carbocycles. The molecule has 0 fully saturated rings. The summed E-state index contributed by atoms with van der Waals surface area (Å²) in [6.45, 7) is 0. The summed E-state index contributed by atoms with van der Waals surface area (Å²) in [5.41, 5.74) is 3.56. The molecule has 0 aromatic heterocycles. The maximum Gasteiger partial charge on any atom is 0.118 e. The topological polar surface area (TPSA) is 58.9 Å². The van der Waals surface area contributed by atoms with E-state index in [-0.39, 0.29) is 11.8 Å². The molecule has 4 rings (SSSR count). The van der Waals surface area contributed by atoms with E-state index in [9.17, 15) is 10.2 Å². The SMILES string of the molecule is COc1ccc([C@@H](O)[C@H](/C=C\[C@@H](c2ccccc2)[C@@H](O)c2ccc(OC)cc2)c2ccccc2)cc1. The van der Waals surface area contributed by atoms with Crippen LogP contribution in [0.5, 0.6) is 11.5 Å². The molecule has 0 unspecified atom stereocenters. The Hall–Kier alpha value is -3.86. The number of hydrogen-bond acceptors (Lipinski definition) is 4. The first-order valence-electron chi connectivity index (χ1n) is 12.0. The van der Waals surface area contributed by atoms with Gasteiger partial charge in [-0.25, -0.2) is 0 Å². The largest absolute Gasteiger partial charge is 0.497 e. The number of ether oxygens (including phenoxy) is 2. The van der Waals surface area contributed by atoms with Gasteiger partial charge in [-0.15, -0.1) is 0 Å². The highest BCUT2D eigenvalue weighted by Gasteiger charge is 2.24. The lowest BCUT2D eigenvalue weighted by Gasteiger charge is -2.24. The molecule has 0 radical (unpaired) electrons. The van der Waals surface area contributed by atoms with Gasteiger partial charge in [0.2, 0.25) is 0 Å². The van der Waals surface area contributed by atoms with Gasteiger partial charge in [-0.1, -0.05) is 97.1 Å². The van der Waals surface area contributed by atoms with Crippen LogP contribution in [0.15, 0.2) is 121 Å². The molecular formula is C32H32O4. The Kier molecular flexibility index (Phi) is 8.56. The van der Waals surface area contributed by atoms with E-state index >= 15 is 0 Å². The Morgan fingerprint density at radius 3 is 1.11 bits per heavy atom. The fourth-order valence-electron chi connectivity index (χ4n) is 4.40. The van der Waals surface area contributed by atoms with E-state index in [2.05, 4.69) is 0 Å². The van der Waals surface area contributed by atoms with Crippen molar-refractivity contribution >= 4 is 0 Å². The summed E-state index contributed by atoms with van der Waals surface area (Å²) >= 11 is 0. The van der Waals surface area contributed by atoms with Gasteiger partial charge >= 0.3 is 0 Å². The Balaban J connectivity index is 1.70. The van der Waals surface area contributed by atoms with Crippen LogP contribution in [0.4, 0.5) is 0 Å². The Labute approximate surface area is 213 Å². The molecule has 0 bridgehead atoms. The zero-order valence-corrected chi connectivity index (χ0v) is 20.6. The Bertz CT molecular complexity index is 1120. The highest BCUT2D eigenvalue weighted by molar-refractivity contribution is 5.37. The van der Waals surface area contributed by atoms with Crippen LogP contribution in [0, 0.1) is 0 Å². The van der Waals surface area contributed by atoms with Crippen LogP contribution >= 0.6 is 0 Å². The lowest BCUT2D eigenvalue weighted by molar-refractivity contribution is 0.156. The van der Waals surface area contributed by atoms with Gasteiger partial charge in [-0.2, -0.15) is 0 Å². The number of methoxy groups -OCH3 is 2. The predicted octanol–water partition coefficient (Wildman–Crippen LogP) is 6.59. The molecule has 4 atom stereocenters. The van der Waals surface area contributed by atoms with Crippen LogP contribution in [-0.4, -0.2) is 24.4 Å². The van der Waals surface area contributed by atoms with Gasteiger partial charge in [0.25, 0.3) is 0 Å². The highest BCUT2D eigenvalue weighted by atomic mass is 16.5. The first-order chi connectivity index (χ1) is 17.6. The zero-order chi connectivity index (χ0) is 25.3. The molecule has 0 aliphatic heterocycles. The highest BCUT2D eigenvalue weighted by Crippen LogP contribution is 2.37. The molecule has 2 N–H and O–H groups in total. The molecule has 0 spiro atoms. The average molecular weight is 481 g/mol. The lowest BCUT2D eigenvalue weighted by Crippen LogP contribution is -2.12. The summed E-state index contributed by atoms with van der Waals surface area (Å²) in [4.78, 5) is 0. The Morgan fingerprint density at radius 2 is 0.806 bits per heavy atom. The normalized spacial score (nSPS) is 14.7. The molecule has 4 nitrogen and oxygen atoms in total. The molecule has 184 valence electrons. The first-order valence-corrected chi connectivity index (χ1v) is 12.0. The second kappa shape index (κ2) is 12.2. The minimum Gasteiger partial charge on any atom is -0.497 e. The van der Waals surface area contributed by atoms with Gasteiger partial charge in [0.05, 0.1) is 26.4 Å². The third-order valence-corrected chi connectivity index (χ3v) is 6.49. The average Bonchev–Trinajstić information content (AvgIpc) is 2.96. The molecule has 4 heteroatoms. The van der Waals surface area contributed by atoms with E-state index in [1.165, 1.54) is 0 Å². The predicted molar refractivity (Wildman–Crippen MR) is 143 cm³/mol. The van der Waals surface area contributed by atoms with Crippen LogP contribution in [0.1, 0.15) is 46.3 Å². The first kappa shape index (κ1) is 25.2. The van der Waals surface area contributed by atoms with E-state index in [0.29, 0.717) is 0 Å². The second-order valence-electron chi connectivity index (χ2n) is 8.69. The smallest absolute Gasteiger partial charge is 0.118 e. The Morgan fingerprint density at radius 1 is 0.472 bits per heavy atom. The quantitative estimate of drug-likeness (QED) is 0.251. The van der Waals surface area contributed by atoms with Gasteiger partial charge in [-0.05, 0) is 46.5 Å². The summed E-state index contributed by atoms with van der Waals surface area (Å²) in [7, 11) is 3.25. The van der Waals surface area contributed by atoms with Gasteiger partial charge in [0.15, 0.2) is 0 Å². The number of hydrogen-bond donors (Lipinski definition) is 2. The van der Waals surface area contributed by atoms with Crippen molar-refractivity contribution in [3.63, 3.8) is 0 Å². The van der Waals surface area contributed by atoms with Gasteiger partial charge < -0.3 is 19.7 Å². The molecule has 0 heterocycles. The van der Waals surface area contributed by atoms with E-state index in [1.807, 2.05) is 121 Å². The summed E-state index contributed by atoms with van der Waals surface area (Å²) in [6.07, 6.45) is 2.47.